The zero-order chi connectivity index (χ0) is 15.0. The Bertz CT molecular complexity index is 763. The maximum absolute atomic E-state index is 13.7. The molecule has 0 bridgehead atoms. The van der Waals surface area contributed by atoms with Crippen molar-refractivity contribution in [2.24, 2.45) is 0 Å². The second-order valence-corrected chi connectivity index (χ2v) is 4.84. The van der Waals surface area contributed by atoms with Crippen molar-refractivity contribution in [2.45, 2.75) is 6.92 Å². The maximum Gasteiger partial charge on any atom is 0.344 e. The van der Waals surface area contributed by atoms with E-state index in [1.54, 1.807) is 6.08 Å². The maximum atomic E-state index is 13.7. The first kappa shape index (κ1) is 13.4. The van der Waals surface area contributed by atoms with Crippen LogP contribution >= 0.6 is 0 Å². The first-order valence-electron chi connectivity index (χ1n) is 6.47. The minimum atomic E-state index is -0.579. The SMILES string of the molecule is COc1cc2c(cc1F)C(=O)O/C2=C\c1cccc(C)c1. The first-order valence-corrected chi connectivity index (χ1v) is 6.47. The summed E-state index contributed by atoms with van der Waals surface area (Å²) >= 11 is 0. The van der Waals surface area contributed by atoms with Gasteiger partial charge in [-0.05, 0) is 30.7 Å². The summed E-state index contributed by atoms with van der Waals surface area (Å²) in [4.78, 5) is 11.8. The van der Waals surface area contributed by atoms with E-state index in [4.69, 9.17) is 9.47 Å². The number of esters is 1. The number of methoxy groups -OCH3 is 1. The molecule has 106 valence electrons. The van der Waals surface area contributed by atoms with Gasteiger partial charge in [-0.15, -0.1) is 0 Å². The number of aryl methyl sites for hydroxylation is 1. The molecule has 0 unspecified atom stereocenters. The molecule has 1 aliphatic heterocycles. The molecule has 0 spiro atoms. The standard InChI is InChI=1S/C17H13FO3/c1-10-4-3-5-11(6-10)7-15-12-9-16(20-2)14(18)8-13(12)17(19)21-15/h3-9H,1-2H3/b15-7-. The summed E-state index contributed by atoms with van der Waals surface area (Å²) in [5.74, 6) is -0.642. The average Bonchev–Trinajstić information content (AvgIpc) is 2.74. The molecular formula is C17H13FO3. The Balaban J connectivity index is 2.11. The van der Waals surface area contributed by atoms with Crippen LogP contribution in [0.5, 0.6) is 5.75 Å². The molecule has 2 aromatic rings. The van der Waals surface area contributed by atoms with E-state index < -0.39 is 11.8 Å². The molecule has 0 aromatic heterocycles. The highest BCUT2D eigenvalue weighted by Crippen LogP contribution is 2.35. The molecule has 4 heteroatoms. The number of ether oxygens (including phenoxy) is 2. The number of cyclic esters (lactones) is 1. The van der Waals surface area contributed by atoms with Gasteiger partial charge in [0.25, 0.3) is 0 Å². The number of hydrogen-bond acceptors (Lipinski definition) is 3. The third-order valence-electron chi connectivity index (χ3n) is 3.32. The van der Waals surface area contributed by atoms with Crippen LogP contribution in [0.15, 0.2) is 36.4 Å². The predicted molar refractivity (Wildman–Crippen MR) is 77.4 cm³/mol. The summed E-state index contributed by atoms with van der Waals surface area (Å²) in [5.41, 5.74) is 2.77. The molecule has 3 rings (SSSR count). The van der Waals surface area contributed by atoms with Crippen LogP contribution in [0.1, 0.15) is 27.0 Å². The summed E-state index contributed by atoms with van der Waals surface area (Å²) in [6.45, 7) is 1.98. The van der Waals surface area contributed by atoms with Crippen LogP contribution in [-0.2, 0) is 4.74 Å². The second-order valence-electron chi connectivity index (χ2n) is 4.84. The number of halogens is 1. The third-order valence-corrected chi connectivity index (χ3v) is 3.32. The predicted octanol–water partition coefficient (Wildman–Crippen LogP) is 3.81. The first-order chi connectivity index (χ1) is 10.1. The van der Waals surface area contributed by atoms with E-state index >= 15 is 0 Å². The molecule has 0 fully saturated rings. The van der Waals surface area contributed by atoms with Crippen molar-refractivity contribution in [3.8, 4) is 5.75 Å². The minimum Gasteiger partial charge on any atom is -0.494 e. The van der Waals surface area contributed by atoms with Crippen molar-refractivity contribution in [2.75, 3.05) is 7.11 Å². The number of fused-ring (bicyclic) bond motifs is 1. The summed E-state index contributed by atoms with van der Waals surface area (Å²) in [6.07, 6.45) is 1.76. The Morgan fingerprint density at radius 2 is 2.00 bits per heavy atom. The fourth-order valence-electron chi connectivity index (χ4n) is 2.31. The van der Waals surface area contributed by atoms with E-state index in [0.717, 1.165) is 17.2 Å². The van der Waals surface area contributed by atoms with Gasteiger partial charge in [0.2, 0.25) is 0 Å². The van der Waals surface area contributed by atoms with Crippen LogP contribution in [0, 0.1) is 12.7 Å². The molecule has 0 saturated carbocycles. The van der Waals surface area contributed by atoms with E-state index in [-0.39, 0.29) is 11.3 Å². The van der Waals surface area contributed by atoms with E-state index in [2.05, 4.69) is 0 Å². The van der Waals surface area contributed by atoms with Crippen molar-refractivity contribution in [3.63, 3.8) is 0 Å². The molecule has 0 aliphatic carbocycles. The molecule has 1 aliphatic rings. The van der Waals surface area contributed by atoms with Gasteiger partial charge in [0, 0.05) is 5.56 Å². The average molecular weight is 284 g/mol. The van der Waals surface area contributed by atoms with Crippen molar-refractivity contribution in [1.29, 1.82) is 0 Å². The number of benzene rings is 2. The van der Waals surface area contributed by atoms with Crippen LogP contribution in [0.2, 0.25) is 0 Å². The Morgan fingerprint density at radius 1 is 1.19 bits per heavy atom. The van der Waals surface area contributed by atoms with Gasteiger partial charge in [0.15, 0.2) is 11.6 Å². The molecule has 0 N–H and O–H groups in total. The fraction of sp³-hybridized carbons (Fsp3) is 0.118. The molecule has 2 aromatic carbocycles. The van der Waals surface area contributed by atoms with Gasteiger partial charge < -0.3 is 9.47 Å². The normalized spacial score (nSPS) is 15.0. The topological polar surface area (TPSA) is 35.5 Å². The number of rotatable bonds is 2. The van der Waals surface area contributed by atoms with Gasteiger partial charge in [-0.25, -0.2) is 9.18 Å². The lowest BCUT2D eigenvalue weighted by Gasteiger charge is -2.04. The zero-order valence-corrected chi connectivity index (χ0v) is 11.6. The molecule has 0 amide bonds. The van der Waals surface area contributed by atoms with E-state index in [1.807, 2.05) is 31.2 Å². The molecule has 1 heterocycles. The molecular weight excluding hydrogens is 271 g/mol. The van der Waals surface area contributed by atoms with Crippen molar-refractivity contribution in [3.05, 3.63) is 64.5 Å². The molecule has 21 heavy (non-hydrogen) atoms. The van der Waals surface area contributed by atoms with Crippen LogP contribution in [0.4, 0.5) is 4.39 Å². The molecule has 0 radical (unpaired) electrons. The Labute approximate surface area is 121 Å². The molecule has 3 nitrogen and oxygen atoms in total. The minimum absolute atomic E-state index is 0.0854. The van der Waals surface area contributed by atoms with Crippen LogP contribution in [-0.4, -0.2) is 13.1 Å². The van der Waals surface area contributed by atoms with Gasteiger partial charge >= 0.3 is 5.97 Å². The van der Waals surface area contributed by atoms with Gasteiger partial charge in [0.1, 0.15) is 5.76 Å². The highest BCUT2D eigenvalue weighted by Gasteiger charge is 2.28. The number of hydrogen-bond donors (Lipinski definition) is 0. The highest BCUT2D eigenvalue weighted by atomic mass is 19.1. The lowest BCUT2D eigenvalue weighted by molar-refractivity contribution is 0.0716. The summed E-state index contributed by atoms with van der Waals surface area (Å²) < 4.78 is 23.9. The molecule has 0 saturated heterocycles. The van der Waals surface area contributed by atoms with Crippen molar-refractivity contribution >= 4 is 17.8 Å². The van der Waals surface area contributed by atoms with E-state index in [0.29, 0.717) is 11.3 Å². The summed E-state index contributed by atoms with van der Waals surface area (Å²) in [7, 11) is 1.38. The quantitative estimate of drug-likeness (QED) is 0.787. The highest BCUT2D eigenvalue weighted by molar-refractivity contribution is 6.06. The Kier molecular flexibility index (Phi) is 3.22. The van der Waals surface area contributed by atoms with Crippen LogP contribution in [0.25, 0.3) is 11.8 Å². The van der Waals surface area contributed by atoms with Crippen LogP contribution in [0.3, 0.4) is 0 Å². The van der Waals surface area contributed by atoms with Gasteiger partial charge in [-0.1, -0.05) is 29.8 Å². The number of carbonyl (C=O) groups is 1. The van der Waals surface area contributed by atoms with Crippen LogP contribution < -0.4 is 4.74 Å². The smallest absolute Gasteiger partial charge is 0.344 e. The van der Waals surface area contributed by atoms with Gasteiger partial charge in [-0.3, -0.25) is 0 Å². The summed E-state index contributed by atoms with van der Waals surface area (Å²) in [6, 6.07) is 10.4. The lowest BCUT2D eigenvalue weighted by Crippen LogP contribution is -1.96. The Hall–Kier alpha value is -2.62. The number of carbonyl (C=O) groups excluding carboxylic acids is 1. The lowest BCUT2D eigenvalue weighted by atomic mass is 10.0. The second kappa shape index (κ2) is 5.05. The van der Waals surface area contributed by atoms with E-state index in [9.17, 15) is 9.18 Å². The molecule has 0 atom stereocenters. The summed E-state index contributed by atoms with van der Waals surface area (Å²) in [5, 5.41) is 0. The van der Waals surface area contributed by atoms with Gasteiger partial charge in [-0.2, -0.15) is 0 Å². The van der Waals surface area contributed by atoms with Crippen molar-refractivity contribution in [1.82, 2.24) is 0 Å². The van der Waals surface area contributed by atoms with Gasteiger partial charge in [0.05, 0.1) is 12.7 Å². The fourth-order valence-corrected chi connectivity index (χ4v) is 2.31. The van der Waals surface area contributed by atoms with E-state index in [1.165, 1.54) is 13.2 Å². The monoisotopic (exact) mass is 284 g/mol. The van der Waals surface area contributed by atoms with Crippen molar-refractivity contribution < 1.29 is 18.7 Å². The Morgan fingerprint density at radius 3 is 2.71 bits per heavy atom. The largest absolute Gasteiger partial charge is 0.494 e. The third kappa shape index (κ3) is 2.40. The zero-order valence-electron chi connectivity index (χ0n) is 11.6.